The van der Waals surface area contributed by atoms with Crippen molar-refractivity contribution in [3.8, 4) is 0 Å². The fraction of sp³-hybridized carbons (Fsp3) is 0.944. The summed E-state index contributed by atoms with van der Waals surface area (Å²) in [6, 6.07) is -1.20. The molecule has 2 aliphatic heterocycles. The Labute approximate surface area is 165 Å². The lowest BCUT2D eigenvalue weighted by Gasteiger charge is -2.44. The van der Waals surface area contributed by atoms with Gasteiger partial charge in [0, 0.05) is 6.54 Å². The van der Waals surface area contributed by atoms with Gasteiger partial charge in [-0.1, -0.05) is 13.3 Å². The molecule has 27 heavy (non-hydrogen) atoms. The van der Waals surface area contributed by atoms with Gasteiger partial charge < -0.3 is 30.5 Å². The molecule has 2 rings (SSSR count). The van der Waals surface area contributed by atoms with Crippen LogP contribution in [0.4, 0.5) is 0 Å². The molecule has 0 spiro atoms. The van der Waals surface area contributed by atoms with Crippen LogP contribution >= 0.6 is 11.8 Å². The Kier molecular flexibility index (Phi) is 8.35. The van der Waals surface area contributed by atoms with E-state index in [1.165, 1.54) is 18.7 Å². The highest BCUT2D eigenvalue weighted by atomic mass is 32.2. The molecule has 2 saturated heterocycles. The fourth-order valence-corrected chi connectivity index (χ4v) is 4.81. The van der Waals surface area contributed by atoms with Gasteiger partial charge in [0.2, 0.25) is 5.91 Å². The number of ether oxygens (including phenoxy) is 1. The summed E-state index contributed by atoms with van der Waals surface area (Å²) in [4.78, 5) is 14.9. The summed E-state index contributed by atoms with van der Waals surface area (Å²) in [6.07, 6.45) is -1.50. The molecule has 9 heteroatoms. The lowest BCUT2D eigenvalue weighted by atomic mass is 9.92. The maximum atomic E-state index is 12.8. The van der Waals surface area contributed by atoms with Crippen LogP contribution in [-0.4, -0.2) is 99.1 Å². The second-order valence-electron chi connectivity index (χ2n) is 7.80. The molecular formula is C18H34N2O6S. The van der Waals surface area contributed by atoms with E-state index in [0.29, 0.717) is 5.92 Å². The van der Waals surface area contributed by atoms with Gasteiger partial charge in [-0.25, -0.2) is 0 Å². The van der Waals surface area contributed by atoms with E-state index in [-0.39, 0.29) is 11.9 Å². The van der Waals surface area contributed by atoms with E-state index in [1.807, 2.05) is 11.9 Å². The number of aliphatic hydroxyl groups is 4. The molecular weight excluding hydrogens is 372 g/mol. The molecule has 0 aliphatic carbocycles. The largest absolute Gasteiger partial charge is 0.391 e. The number of hydrogen-bond acceptors (Lipinski definition) is 8. The zero-order valence-electron chi connectivity index (χ0n) is 16.5. The van der Waals surface area contributed by atoms with E-state index < -0.39 is 42.0 Å². The van der Waals surface area contributed by atoms with E-state index in [9.17, 15) is 25.2 Å². The lowest BCUT2D eigenvalue weighted by molar-refractivity contribution is -0.211. The van der Waals surface area contributed by atoms with Crippen molar-refractivity contribution >= 4 is 17.7 Å². The summed E-state index contributed by atoms with van der Waals surface area (Å²) in [5.74, 6) is 0.245. The molecule has 0 saturated carbocycles. The molecule has 8 nitrogen and oxygen atoms in total. The van der Waals surface area contributed by atoms with Gasteiger partial charge in [-0.05, 0) is 39.0 Å². The number of rotatable bonds is 7. The van der Waals surface area contributed by atoms with Gasteiger partial charge in [0.05, 0.1) is 18.2 Å². The topological polar surface area (TPSA) is 122 Å². The molecule has 1 amide bonds. The predicted octanol–water partition coefficient (Wildman–Crippen LogP) is -0.857. The third kappa shape index (κ3) is 5.14. The quantitative estimate of drug-likeness (QED) is 0.370. The van der Waals surface area contributed by atoms with Gasteiger partial charge in [0.15, 0.2) is 0 Å². The zero-order valence-corrected chi connectivity index (χ0v) is 17.3. The van der Waals surface area contributed by atoms with Gasteiger partial charge in [-0.15, -0.1) is 11.8 Å². The van der Waals surface area contributed by atoms with E-state index >= 15 is 0 Å². The van der Waals surface area contributed by atoms with Gasteiger partial charge in [-0.2, -0.15) is 0 Å². The molecule has 3 unspecified atom stereocenters. The number of aliphatic hydroxyl groups excluding tert-OH is 4. The standard InChI is InChI=1S/C18H34N2O6S/c1-5-6-10-7-11(20(3)8-10)17(25)19-12(9(2)21)16-14(23)13(22)15(24)18(26-16)27-4/h9-16,18,21-24H,5-8H2,1-4H3,(H,19,25)/t9?,10-,11-,12?,13-,14+,15+,16?,18+/m0/s1. The van der Waals surface area contributed by atoms with E-state index in [0.717, 1.165) is 25.8 Å². The Morgan fingerprint density at radius 1 is 1.30 bits per heavy atom. The minimum Gasteiger partial charge on any atom is -0.391 e. The van der Waals surface area contributed by atoms with Crippen LogP contribution in [0.2, 0.25) is 0 Å². The van der Waals surface area contributed by atoms with Crippen LogP contribution in [0, 0.1) is 5.92 Å². The fourth-order valence-electron chi connectivity index (χ4n) is 4.13. The monoisotopic (exact) mass is 406 g/mol. The third-order valence-corrected chi connectivity index (χ3v) is 6.51. The van der Waals surface area contributed by atoms with Crippen molar-refractivity contribution in [2.75, 3.05) is 19.8 Å². The lowest BCUT2D eigenvalue weighted by Crippen LogP contribution is -2.65. The average Bonchev–Trinajstić information content (AvgIpc) is 2.99. The highest BCUT2D eigenvalue weighted by Gasteiger charge is 2.48. The second-order valence-corrected chi connectivity index (χ2v) is 8.73. The highest BCUT2D eigenvalue weighted by molar-refractivity contribution is 7.99. The predicted molar refractivity (Wildman–Crippen MR) is 103 cm³/mol. The number of likely N-dealkylation sites (tertiary alicyclic amines) is 1. The normalized spacial score (nSPS) is 39.9. The number of amides is 1. The number of nitrogens with one attached hydrogen (secondary N) is 1. The van der Waals surface area contributed by atoms with E-state index in [1.54, 1.807) is 6.26 Å². The Morgan fingerprint density at radius 2 is 1.96 bits per heavy atom. The minimum absolute atomic E-state index is 0.223. The summed E-state index contributed by atoms with van der Waals surface area (Å²) >= 11 is 1.20. The second kappa shape index (κ2) is 9.87. The van der Waals surface area contributed by atoms with Crippen LogP contribution in [0.1, 0.15) is 33.1 Å². The van der Waals surface area contributed by atoms with Crippen molar-refractivity contribution < 1.29 is 30.0 Å². The minimum atomic E-state index is -1.42. The Balaban J connectivity index is 2.09. The van der Waals surface area contributed by atoms with Crippen molar-refractivity contribution in [3.63, 3.8) is 0 Å². The molecule has 9 atom stereocenters. The highest BCUT2D eigenvalue weighted by Crippen LogP contribution is 2.30. The third-order valence-electron chi connectivity index (χ3n) is 5.66. The molecule has 0 aromatic carbocycles. The van der Waals surface area contributed by atoms with Crippen LogP contribution < -0.4 is 5.32 Å². The van der Waals surface area contributed by atoms with Crippen LogP contribution in [0.25, 0.3) is 0 Å². The number of nitrogens with zero attached hydrogens (tertiary/aromatic N) is 1. The van der Waals surface area contributed by atoms with Crippen LogP contribution in [0.5, 0.6) is 0 Å². The van der Waals surface area contributed by atoms with Crippen molar-refractivity contribution in [2.45, 2.75) is 81.1 Å². The first-order valence-corrected chi connectivity index (χ1v) is 10.9. The van der Waals surface area contributed by atoms with Crippen molar-refractivity contribution in [1.29, 1.82) is 0 Å². The molecule has 2 aliphatic rings. The summed E-state index contributed by atoms with van der Waals surface area (Å²) in [5.41, 5.74) is -0.755. The first-order valence-electron chi connectivity index (χ1n) is 9.62. The van der Waals surface area contributed by atoms with Gasteiger partial charge in [0.1, 0.15) is 29.9 Å². The molecule has 0 bridgehead atoms. The maximum Gasteiger partial charge on any atom is 0.237 e. The maximum absolute atomic E-state index is 12.8. The van der Waals surface area contributed by atoms with Gasteiger partial charge in [0.25, 0.3) is 0 Å². The van der Waals surface area contributed by atoms with E-state index in [4.69, 9.17) is 4.74 Å². The summed E-state index contributed by atoms with van der Waals surface area (Å²) in [5, 5.41) is 43.5. The molecule has 158 valence electrons. The van der Waals surface area contributed by atoms with Gasteiger partial charge in [-0.3, -0.25) is 9.69 Å². The van der Waals surface area contributed by atoms with Crippen molar-refractivity contribution in [2.24, 2.45) is 5.92 Å². The van der Waals surface area contributed by atoms with E-state index in [2.05, 4.69) is 12.2 Å². The van der Waals surface area contributed by atoms with Crippen molar-refractivity contribution in [1.82, 2.24) is 10.2 Å². The Bertz CT molecular complexity index is 494. The SMILES string of the molecule is CCC[C@H]1C[C@@H](C(=O)NC(C(C)O)C2O[C@H](SC)[C@H](O)[C@@H](O)[C@H]2O)N(C)C1. The summed E-state index contributed by atoms with van der Waals surface area (Å²) in [7, 11) is 1.91. The zero-order chi connectivity index (χ0) is 20.3. The van der Waals surface area contributed by atoms with Crippen LogP contribution in [0.15, 0.2) is 0 Å². The summed E-state index contributed by atoms with van der Waals surface area (Å²) < 4.78 is 5.72. The molecule has 0 radical (unpaired) electrons. The number of carbonyl (C=O) groups excluding carboxylic acids is 1. The van der Waals surface area contributed by atoms with Crippen LogP contribution in [-0.2, 0) is 9.53 Å². The first-order chi connectivity index (χ1) is 12.7. The van der Waals surface area contributed by atoms with Crippen molar-refractivity contribution in [3.05, 3.63) is 0 Å². The molecule has 2 fully saturated rings. The molecule has 2 heterocycles. The van der Waals surface area contributed by atoms with Gasteiger partial charge >= 0.3 is 0 Å². The number of carbonyl (C=O) groups is 1. The Hall–Kier alpha value is -0.420. The molecule has 5 N–H and O–H groups in total. The smallest absolute Gasteiger partial charge is 0.237 e. The molecule has 0 aromatic rings. The van der Waals surface area contributed by atoms with Crippen LogP contribution in [0.3, 0.4) is 0 Å². The Morgan fingerprint density at radius 3 is 2.52 bits per heavy atom. The number of likely N-dealkylation sites (N-methyl/N-ethyl adjacent to an activating group) is 1. The summed E-state index contributed by atoms with van der Waals surface area (Å²) in [6.45, 7) is 4.48. The number of thioether (sulfide) groups is 1. The molecule has 0 aromatic heterocycles. The number of hydrogen-bond donors (Lipinski definition) is 5. The first kappa shape index (κ1) is 22.9. The average molecular weight is 407 g/mol.